The summed E-state index contributed by atoms with van der Waals surface area (Å²) in [5.41, 5.74) is 5.47. The van der Waals surface area contributed by atoms with Crippen molar-refractivity contribution in [1.29, 1.82) is 0 Å². The van der Waals surface area contributed by atoms with E-state index in [1.54, 1.807) is 13.3 Å². The number of nitrogens with zero attached hydrogens (tertiary/aromatic N) is 3. The predicted molar refractivity (Wildman–Crippen MR) is 94.6 cm³/mol. The number of hydrogen-bond acceptors (Lipinski definition) is 6. The summed E-state index contributed by atoms with van der Waals surface area (Å²) in [5, 5.41) is 4.17. The largest absolute Gasteiger partial charge is 0.493 e. The van der Waals surface area contributed by atoms with Crippen molar-refractivity contribution < 1.29 is 9.47 Å². The molecular formula is C16H19BrN4O2. The molecule has 0 aliphatic heterocycles. The molecule has 0 saturated heterocycles. The molecule has 0 fully saturated rings. The Morgan fingerprint density at radius 2 is 1.91 bits per heavy atom. The van der Waals surface area contributed by atoms with Crippen LogP contribution >= 0.6 is 15.9 Å². The first-order valence-corrected chi connectivity index (χ1v) is 7.94. The van der Waals surface area contributed by atoms with Crippen LogP contribution < -0.4 is 14.9 Å². The van der Waals surface area contributed by atoms with Gasteiger partial charge in [0.2, 0.25) is 5.95 Å². The highest BCUT2D eigenvalue weighted by Crippen LogP contribution is 2.36. The van der Waals surface area contributed by atoms with Gasteiger partial charge in [0.25, 0.3) is 0 Å². The minimum atomic E-state index is 0.468. The van der Waals surface area contributed by atoms with Gasteiger partial charge in [0.1, 0.15) is 0 Å². The predicted octanol–water partition coefficient (Wildman–Crippen LogP) is 3.71. The van der Waals surface area contributed by atoms with E-state index in [0.717, 1.165) is 21.4 Å². The number of nitrogens with one attached hydrogen (secondary N) is 1. The van der Waals surface area contributed by atoms with Crippen molar-refractivity contribution in [3.05, 3.63) is 39.6 Å². The third-order valence-corrected chi connectivity index (χ3v) is 3.49. The first-order chi connectivity index (χ1) is 11.0. The Bertz CT molecular complexity index is 699. The van der Waals surface area contributed by atoms with Crippen LogP contribution in [0.3, 0.4) is 0 Å². The van der Waals surface area contributed by atoms with Crippen LogP contribution in [0, 0.1) is 13.8 Å². The molecule has 0 amide bonds. The fourth-order valence-corrected chi connectivity index (χ4v) is 2.61. The Morgan fingerprint density at radius 3 is 2.52 bits per heavy atom. The molecule has 122 valence electrons. The van der Waals surface area contributed by atoms with Crippen molar-refractivity contribution >= 4 is 28.1 Å². The van der Waals surface area contributed by atoms with E-state index < -0.39 is 0 Å². The number of anilines is 1. The zero-order chi connectivity index (χ0) is 16.8. The highest BCUT2D eigenvalue weighted by molar-refractivity contribution is 9.10. The van der Waals surface area contributed by atoms with Crippen LogP contribution in [0.1, 0.15) is 23.9 Å². The number of rotatable bonds is 6. The van der Waals surface area contributed by atoms with Gasteiger partial charge in [-0.05, 0) is 60.5 Å². The summed E-state index contributed by atoms with van der Waals surface area (Å²) < 4.78 is 11.7. The van der Waals surface area contributed by atoms with Gasteiger partial charge in [-0.3, -0.25) is 0 Å². The maximum atomic E-state index is 5.56. The van der Waals surface area contributed by atoms with Crippen molar-refractivity contribution in [1.82, 2.24) is 9.97 Å². The minimum Gasteiger partial charge on any atom is -0.493 e. The Kier molecular flexibility index (Phi) is 5.92. The van der Waals surface area contributed by atoms with E-state index in [1.165, 1.54) is 0 Å². The summed E-state index contributed by atoms with van der Waals surface area (Å²) >= 11 is 3.48. The van der Waals surface area contributed by atoms with Gasteiger partial charge in [-0.25, -0.2) is 15.4 Å². The fraction of sp³-hybridized carbons (Fsp3) is 0.312. The van der Waals surface area contributed by atoms with Gasteiger partial charge in [0.15, 0.2) is 11.5 Å². The Labute approximate surface area is 144 Å². The van der Waals surface area contributed by atoms with Gasteiger partial charge >= 0.3 is 0 Å². The SMILES string of the molecule is CCOc1c(Br)cc(/C=N\Nc2nc(C)cc(C)n2)cc1OC. The number of aryl methyl sites for hydroxylation is 2. The number of ether oxygens (including phenoxy) is 2. The van der Waals surface area contributed by atoms with Gasteiger partial charge in [-0.1, -0.05) is 0 Å². The molecule has 0 aliphatic rings. The highest BCUT2D eigenvalue weighted by atomic mass is 79.9. The van der Waals surface area contributed by atoms with E-state index >= 15 is 0 Å². The summed E-state index contributed by atoms with van der Waals surface area (Å²) in [4.78, 5) is 8.53. The van der Waals surface area contributed by atoms with Gasteiger partial charge in [-0.15, -0.1) is 0 Å². The molecule has 0 radical (unpaired) electrons. The standard InChI is InChI=1S/C16H19BrN4O2/c1-5-23-15-13(17)7-12(8-14(15)22-4)9-18-21-16-19-10(2)6-11(3)20-16/h6-9H,5H2,1-4H3,(H,19,20,21)/b18-9-. The molecule has 6 nitrogen and oxygen atoms in total. The summed E-state index contributed by atoms with van der Waals surface area (Å²) in [7, 11) is 1.60. The average Bonchev–Trinajstić information content (AvgIpc) is 2.48. The molecule has 0 bridgehead atoms. The first-order valence-electron chi connectivity index (χ1n) is 7.15. The van der Waals surface area contributed by atoms with E-state index in [1.807, 2.05) is 39.0 Å². The van der Waals surface area contributed by atoms with E-state index in [9.17, 15) is 0 Å². The normalized spacial score (nSPS) is 10.8. The van der Waals surface area contributed by atoms with E-state index in [4.69, 9.17) is 9.47 Å². The minimum absolute atomic E-state index is 0.468. The molecule has 1 aromatic heterocycles. The lowest BCUT2D eigenvalue weighted by Gasteiger charge is -2.11. The van der Waals surface area contributed by atoms with Crippen LogP contribution in [0.5, 0.6) is 11.5 Å². The molecule has 0 atom stereocenters. The molecule has 1 N–H and O–H groups in total. The number of hydrogen-bond donors (Lipinski definition) is 1. The second-order valence-electron chi connectivity index (χ2n) is 4.81. The quantitative estimate of drug-likeness (QED) is 0.612. The molecule has 23 heavy (non-hydrogen) atoms. The van der Waals surface area contributed by atoms with Gasteiger partial charge in [-0.2, -0.15) is 5.10 Å². The molecule has 0 aliphatic carbocycles. The molecule has 7 heteroatoms. The molecule has 0 saturated carbocycles. The Balaban J connectivity index is 2.17. The lowest BCUT2D eigenvalue weighted by Crippen LogP contribution is -2.00. The molecule has 0 spiro atoms. The number of halogens is 1. The Hall–Kier alpha value is -2.15. The summed E-state index contributed by atoms with van der Waals surface area (Å²) in [6.07, 6.45) is 1.67. The van der Waals surface area contributed by atoms with Crippen molar-refractivity contribution in [2.75, 3.05) is 19.1 Å². The molecule has 2 rings (SSSR count). The summed E-state index contributed by atoms with van der Waals surface area (Å²) in [5.74, 6) is 1.79. The summed E-state index contributed by atoms with van der Waals surface area (Å²) in [6, 6.07) is 5.66. The van der Waals surface area contributed by atoms with Crippen LogP contribution in [0.2, 0.25) is 0 Å². The average molecular weight is 379 g/mol. The number of hydrazone groups is 1. The highest BCUT2D eigenvalue weighted by Gasteiger charge is 2.10. The Morgan fingerprint density at radius 1 is 1.22 bits per heavy atom. The van der Waals surface area contributed by atoms with E-state index in [-0.39, 0.29) is 0 Å². The van der Waals surface area contributed by atoms with Crippen LogP contribution in [0.25, 0.3) is 0 Å². The third kappa shape index (κ3) is 4.66. The number of aromatic nitrogens is 2. The second-order valence-corrected chi connectivity index (χ2v) is 5.67. The number of benzene rings is 1. The van der Waals surface area contributed by atoms with Crippen molar-refractivity contribution in [3.8, 4) is 11.5 Å². The molecular weight excluding hydrogens is 360 g/mol. The summed E-state index contributed by atoms with van der Waals surface area (Å²) in [6.45, 7) is 6.32. The maximum Gasteiger partial charge on any atom is 0.243 e. The lowest BCUT2D eigenvalue weighted by molar-refractivity contribution is 0.309. The van der Waals surface area contributed by atoms with E-state index in [0.29, 0.717) is 24.1 Å². The molecule has 1 heterocycles. The molecule has 1 aromatic carbocycles. The first kappa shape index (κ1) is 17.2. The van der Waals surface area contributed by atoms with Gasteiger partial charge in [0, 0.05) is 11.4 Å². The molecule has 2 aromatic rings. The van der Waals surface area contributed by atoms with Gasteiger partial charge < -0.3 is 9.47 Å². The van der Waals surface area contributed by atoms with Crippen LogP contribution in [-0.2, 0) is 0 Å². The molecule has 0 unspecified atom stereocenters. The fourth-order valence-electron chi connectivity index (χ4n) is 2.04. The van der Waals surface area contributed by atoms with Crippen LogP contribution in [0.4, 0.5) is 5.95 Å². The topological polar surface area (TPSA) is 68.6 Å². The number of methoxy groups -OCH3 is 1. The van der Waals surface area contributed by atoms with Crippen molar-refractivity contribution in [2.45, 2.75) is 20.8 Å². The third-order valence-electron chi connectivity index (χ3n) is 2.90. The van der Waals surface area contributed by atoms with Gasteiger partial charge in [0.05, 0.1) is 24.4 Å². The monoisotopic (exact) mass is 378 g/mol. The zero-order valence-electron chi connectivity index (χ0n) is 13.6. The van der Waals surface area contributed by atoms with Crippen LogP contribution in [0.15, 0.2) is 27.8 Å². The van der Waals surface area contributed by atoms with E-state index in [2.05, 4.69) is 36.4 Å². The second kappa shape index (κ2) is 7.92. The lowest BCUT2D eigenvalue weighted by atomic mass is 10.2. The maximum absolute atomic E-state index is 5.56. The zero-order valence-corrected chi connectivity index (χ0v) is 15.1. The van der Waals surface area contributed by atoms with Crippen molar-refractivity contribution in [2.24, 2.45) is 5.10 Å². The van der Waals surface area contributed by atoms with Crippen molar-refractivity contribution in [3.63, 3.8) is 0 Å². The van der Waals surface area contributed by atoms with Crippen LogP contribution in [-0.4, -0.2) is 29.9 Å². The smallest absolute Gasteiger partial charge is 0.243 e.